The van der Waals surface area contributed by atoms with Crippen LogP contribution in [0, 0.1) is 0 Å². The monoisotopic (exact) mass is 1200 g/mol. The fourth-order valence-corrected chi connectivity index (χ4v) is 1.48. The Morgan fingerprint density at radius 1 is 0.949 bits per heavy atom. The average Bonchev–Trinajstić information content (AvgIpc) is 3.44. The summed E-state index contributed by atoms with van der Waals surface area (Å²) in [5.74, 6) is -0.0880. The number of Topliss-reactive ketones (excluding diaryl/α,β-unsaturated/α-hetero) is 3. The molecule has 16 heteroatoms. The zero-order valence-electron chi connectivity index (χ0n) is 22.9. The summed E-state index contributed by atoms with van der Waals surface area (Å²) >= 11 is 12.1. The summed E-state index contributed by atoms with van der Waals surface area (Å²) < 4.78 is 4.82. The molecule has 0 aromatic heterocycles. The first kappa shape index (κ1) is 57.9. The van der Waals surface area contributed by atoms with Gasteiger partial charge in [0.15, 0.2) is 0 Å². The number of rotatable bonds is 8. The molecule has 0 aromatic carbocycles. The van der Waals surface area contributed by atoms with Crippen molar-refractivity contribution in [2.24, 2.45) is 0 Å². The molecule has 0 radical (unpaired) electrons. The molecule has 1 aliphatic heterocycles. The Balaban J connectivity index is -0.0000000619. The van der Waals surface area contributed by atoms with E-state index < -0.39 is 6.10 Å². The van der Waals surface area contributed by atoms with E-state index in [0.29, 0.717) is 22.0 Å². The first-order valence-electron chi connectivity index (χ1n) is 11.1. The van der Waals surface area contributed by atoms with Crippen molar-refractivity contribution in [1.29, 1.82) is 0 Å². The van der Waals surface area contributed by atoms with E-state index in [4.69, 9.17) is 30.3 Å². The molecular formula is C23H48I5O9V2. The quantitative estimate of drug-likeness (QED) is 0.0846. The topological polar surface area (TPSA) is 165 Å². The molecular weight excluding hydrogens is 1160 g/mol. The van der Waals surface area contributed by atoms with Crippen LogP contribution in [0.5, 0.6) is 0 Å². The number of halogens is 5. The fraction of sp³-hybridized carbons (Fsp3) is 0.783. The Kier molecular flexibility index (Phi) is 71.6. The molecule has 0 spiro atoms. The van der Waals surface area contributed by atoms with E-state index >= 15 is 0 Å². The second kappa shape index (κ2) is 48.2. The van der Waals surface area contributed by atoms with E-state index in [-0.39, 0.29) is 74.6 Å². The van der Waals surface area contributed by atoms with Crippen molar-refractivity contribution in [3.63, 3.8) is 0 Å². The number of hydrogen-bond donors (Lipinski definition) is 5. The van der Waals surface area contributed by atoms with Gasteiger partial charge in [0.05, 0.1) is 37.9 Å². The summed E-state index contributed by atoms with van der Waals surface area (Å²) in [6.45, 7) is 11.8. The number of aliphatic hydroxyl groups excluding tert-OH is 5. The van der Waals surface area contributed by atoms with Crippen molar-refractivity contribution < 1.29 is 59.0 Å². The first-order valence-corrected chi connectivity index (χ1v) is 33.6. The van der Waals surface area contributed by atoms with Crippen LogP contribution in [-0.4, -0.2) is 87.1 Å². The number of carbonyl (C=O) groups excluding carboxylic acids is 3. The second-order valence-corrected chi connectivity index (χ2v) is 54.4. The van der Waals surface area contributed by atoms with E-state index in [0.717, 1.165) is 0 Å². The van der Waals surface area contributed by atoms with Crippen LogP contribution in [0.2, 0.25) is 0 Å². The molecule has 1 heterocycles. The van der Waals surface area contributed by atoms with E-state index in [1.54, 1.807) is 26.0 Å². The Hall–Kier alpha value is 3.33. The van der Waals surface area contributed by atoms with Gasteiger partial charge in [0.25, 0.3) is 0 Å². The Morgan fingerprint density at radius 2 is 1.31 bits per heavy atom. The SMILES string of the molecule is C.C/C=C/CO.CC(=O)CC(C)=O.CC(=O)C[C@@H](C)O.C[C@@H](O)CCO.C[C@H]1O[C@@H]1CO.[I][V]([I])[I].[I][V][I]. The van der Waals surface area contributed by atoms with E-state index in [2.05, 4.69) is 99.9 Å². The maximum absolute atomic E-state index is 10.1. The number of carbonyl (C=O) groups is 3. The molecule has 0 amide bonds. The Labute approximate surface area is 303 Å². The fourth-order valence-electron chi connectivity index (χ4n) is 1.48. The number of epoxide rings is 1. The van der Waals surface area contributed by atoms with Gasteiger partial charge in [0, 0.05) is 13.0 Å². The van der Waals surface area contributed by atoms with Gasteiger partial charge in [-0.15, -0.1) is 0 Å². The van der Waals surface area contributed by atoms with Crippen LogP contribution < -0.4 is 0 Å². The zero-order valence-corrected chi connectivity index (χ0v) is 36.4. The number of ketones is 3. The Bertz CT molecular complexity index is 529. The molecule has 1 aliphatic rings. The summed E-state index contributed by atoms with van der Waals surface area (Å²) in [5.41, 5.74) is 0. The molecule has 0 saturated carbocycles. The summed E-state index contributed by atoms with van der Waals surface area (Å²) in [4.78, 5) is 29.9. The Morgan fingerprint density at radius 3 is 1.31 bits per heavy atom. The third-order valence-corrected chi connectivity index (χ3v) is 2.99. The molecule has 39 heavy (non-hydrogen) atoms. The zero-order chi connectivity index (χ0) is 31.7. The van der Waals surface area contributed by atoms with Crippen molar-refractivity contribution in [1.82, 2.24) is 0 Å². The van der Waals surface area contributed by atoms with Crippen LogP contribution in [0.1, 0.15) is 75.2 Å². The minimum atomic E-state index is -0.475. The van der Waals surface area contributed by atoms with E-state index in [1.807, 2.05) is 13.8 Å². The van der Waals surface area contributed by atoms with E-state index in [1.165, 1.54) is 20.8 Å². The summed E-state index contributed by atoms with van der Waals surface area (Å²) in [7, 11) is 0.628. The molecule has 1 rings (SSSR count). The number of aliphatic hydroxyl groups is 5. The van der Waals surface area contributed by atoms with Gasteiger partial charge in [-0.05, 0) is 54.9 Å². The maximum atomic E-state index is 10.1. The van der Waals surface area contributed by atoms with Gasteiger partial charge in [0.1, 0.15) is 23.5 Å². The van der Waals surface area contributed by atoms with Gasteiger partial charge in [-0.1, -0.05) is 19.6 Å². The number of hydrogen-bond acceptors (Lipinski definition) is 9. The third kappa shape index (κ3) is 108. The van der Waals surface area contributed by atoms with Gasteiger partial charge >= 0.3 is 114 Å². The molecule has 5 N–H and O–H groups in total. The number of allylic oxidation sites excluding steroid dienone is 1. The van der Waals surface area contributed by atoms with Crippen LogP contribution in [0.4, 0.5) is 0 Å². The molecule has 0 aliphatic carbocycles. The van der Waals surface area contributed by atoms with Crippen molar-refractivity contribution >= 4 is 117 Å². The van der Waals surface area contributed by atoms with Crippen LogP contribution >= 0.6 is 99.9 Å². The normalized spacial score (nSPS) is 15.3. The summed E-state index contributed by atoms with van der Waals surface area (Å²) in [5, 5.41) is 41.2. The van der Waals surface area contributed by atoms with Crippen LogP contribution in [0.25, 0.3) is 0 Å². The van der Waals surface area contributed by atoms with Crippen LogP contribution in [-0.2, 0) is 33.5 Å². The van der Waals surface area contributed by atoms with Gasteiger partial charge in [-0.3, -0.25) is 14.4 Å². The molecule has 1 saturated heterocycles. The predicted molar refractivity (Wildman–Crippen MR) is 196 cm³/mol. The molecule has 0 unspecified atom stereocenters. The third-order valence-electron chi connectivity index (χ3n) is 2.99. The second-order valence-electron chi connectivity index (χ2n) is 7.27. The van der Waals surface area contributed by atoms with Crippen LogP contribution in [0.15, 0.2) is 12.2 Å². The molecule has 9 nitrogen and oxygen atoms in total. The van der Waals surface area contributed by atoms with Crippen molar-refractivity contribution in [2.45, 2.75) is 99.6 Å². The first-order chi connectivity index (χ1) is 17.4. The molecule has 1 fully saturated rings. The molecule has 0 aromatic rings. The predicted octanol–water partition coefficient (Wildman–Crippen LogP) is 6.03. The average molecular weight is 1210 g/mol. The standard InChI is InChI=1S/C5H10O2.C5H8O2.C4H8O2.C4H10O2.C4H8O.CH4.5HI.2V/c2*1-4(6)3-5(2)7;1-3-4(2-5)6-3;1-4(6)2-3-5;1-2-3-4-5;;;;;;;;/h4,6H,3H2,1-2H3;3H2,1-2H3;3-5H,2H2,1H3;4-6H,2-3H2,1H3;2-3,5H,4H2,1H3;1H4;5*1H;;/q;;;;;;;;;;;+2;+3/p-5/b;;;;3-2+;;;;;;;;/t4-;;3-,4-;4-;;;;;;;;;/m1.11........./s1. The summed E-state index contributed by atoms with van der Waals surface area (Å²) in [6.07, 6.45) is 3.98. The van der Waals surface area contributed by atoms with Crippen LogP contribution in [0.3, 0.4) is 0 Å². The van der Waals surface area contributed by atoms with Crippen molar-refractivity contribution in [2.75, 3.05) is 19.8 Å². The number of ether oxygens (including phenoxy) is 1. The van der Waals surface area contributed by atoms with Gasteiger partial charge < -0.3 is 30.3 Å². The molecule has 239 valence electrons. The van der Waals surface area contributed by atoms with Crippen molar-refractivity contribution in [3.05, 3.63) is 12.2 Å². The van der Waals surface area contributed by atoms with E-state index in [9.17, 15) is 14.4 Å². The summed E-state index contributed by atoms with van der Waals surface area (Å²) in [6, 6.07) is 0. The minimum absolute atomic E-state index is 0. The van der Waals surface area contributed by atoms with Gasteiger partial charge in [-0.25, -0.2) is 0 Å². The van der Waals surface area contributed by atoms with Crippen molar-refractivity contribution in [3.8, 4) is 0 Å². The van der Waals surface area contributed by atoms with Gasteiger partial charge in [-0.2, -0.15) is 0 Å². The molecule has 0 bridgehead atoms. The molecule has 4 atom stereocenters. The van der Waals surface area contributed by atoms with Gasteiger partial charge in [0.2, 0.25) is 0 Å².